The molecule has 2 heterocycles. The summed E-state index contributed by atoms with van der Waals surface area (Å²) in [7, 11) is 0. The van der Waals surface area contributed by atoms with Gasteiger partial charge in [-0.25, -0.2) is 4.98 Å². The minimum Gasteiger partial charge on any atom is -0.337 e. The van der Waals surface area contributed by atoms with Gasteiger partial charge in [0.05, 0.1) is 5.01 Å². The van der Waals surface area contributed by atoms with Crippen molar-refractivity contribution in [1.29, 1.82) is 0 Å². The first-order chi connectivity index (χ1) is 12.6. The Balaban J connectivity index is 1.64. The monoisotopic (exact) mass is 372 g/mol. The molecule has 1 saturated heterocycles. The summed E-state index contributed by atoms with van der Waals surface area (Å²) < 4.78 is 0. The maximum Gasteiger partial charge on any atom is 0.273 e. The van der Waals surface area contributed by atoms with E-state index in [-0.39, 0.29) is 11.8 Å². The van der Waals surface area contributed by atoms with Crippen molar-refractivity contribution in [3.8, 4) is 0 Å². The highest BCUT2D eigenvalue weighted by molar-refractivity contribution is 7.09. The Labute approximate surface area is 157 Å². The van der Waals surface area contributed by atoms with Gasteiger partial charge in [0.1, 0.15) is 5.69 Å². The molecule has 0 aliphatic carbocycles. The number of hydrogen-bond donors (Lipinski definition) is 1. The Morgan fingerprint density at radius 2 is 1.88 bits per heavy atom. The molecule has 3 rings (SSSR count). The molecule has 0 saturated carbocycles. The fourth-order valence-corrected chi connectivity index (χ4v) is 3.88. The predicted molar refractivity (Wildman–Crippen MR) is 102 cm³/mol. The first-order valence-corrected chi connectivity index (χ1v) is 9.76. The van der Waals surface area contributed by atoms with Crippen molar-refractivity contribution < 1.29 is 9.59 Å². The zero-order chi connectivity index (χ0) is 18.5. The van der Waals surface area contributed by atoms with Crippen molar-refractivity contribution in [2.75, 3.05) is 32.7 Å². The second-order valence-electron chi connectivity index (χ2n) is 6.47. The number of hydrogen-bond acceptors (Lipinski definition) is 5. The molecule has 1 aliphatic heterocycles. The standard InChI is InChI=1S/C19H24N4O2S/c1-14-4-2-5-15(12-14)18(24)22-8-3-9-23(11-10-22)19(25)16-13-26-17(21-16)6-7-20/h2,4-5,12-13H,3,6-11,20H2,1H3. The number of thiazole rings is 1. The van der Waals surface area contributed by atoms with Gasteiger partial charge in [0.2, 0.25) is 0 Å². The van der Waals surface area contributed by atoms with Gasteiger partial charge in [-0.15, -0.1) is 11.3 Å². The van der Waals surface area contributed by atoms with Crippen LogP contribution < -0.4 is 5.73 Å². The van der Waals surface area contributed by atoms with E-state index in [1.54, 1.807) is 10.3 Å². The molecule has 2 N–H and O–H groups in total. The van der Waals surface area contributed by atoms with Crippen LogP contribution in [0.2, 0.25) is 0 Å². The van der Waals surface area contributed by atoms with E-state index in [1.807, 2.05) is 36.1 Å². The molecule has 0 unspecified atom stereocenters. The fourth-order valence-electron chi connectivity index (χ4n) is 3.09. The Morgan fingerprint density at radius 1 is 1.15 bits per heavy atom. The highest BCUT2D eigenvalue weighted by atomic mass is 32.1. The maximum absolute atomic E-state index is 12.7. The van der Waals surface area contributed by atoms with Crippen LogP contribution in [-0.4, -0.2) is 59.3 Å². The third-order valence-electron chi connectivity index (χ3n) is 4.46. The van der Waals surface area contributed by atoms with E-state index < -0.39 is 0 Å². The van der Waals surface area contributed by atoms with E-state index in [0.29, 0.717) is 50.4 Å². The number of nitrogens with two attached hydrogens (primary N) is 1. The zero-order valence-corrected chi connectivity index (χ0v) is 15.8. The molecule has 2 amide bonds. The van der Waals surface area contributed by atoms with Gasteiger partial charge in [-0.05, 0) is 32.0 Å². The third kappa shape index (κ3) is 4.28. The Bertz CT molecular complexity index is 789. The lowest BCUT2D eigenvalue weighted by Gasteiger charge is -2.22. The number of rotatable bonds is 4. The Morgan fingerprint density at radius 3 is 2.58 bits per heavy atom. The summed E-state index contributed by atoms with van der Waals surface area (Å²) in [6, 6.07) is 7.63. The minimum absolute atomic E-state index is 0.0295. The molecule has 0 bridgehead atoms. The number of benzene rings is 1. The van der Waals surface area contributed by atoms with Crippen molar-refractivity contribution in [3.63, 3.8) is 0 Å². The second kappa shape index (κ2) is 8.42. The van der Waals surface area contributed by atoms with Gasteiger partial charge in [0, 0.05) is 43.5 Å². The van der Waals surface area contributed by atoms with E-state index >= 15 is 0 Å². The van der Waals surface area contributed by atoms with Crippen molar-refractivity contribution in [2.45, 2.75) is 19.8 Å². The SMILES string of the molecule is Cc1cccc(C(=O)N2CCCN(C(=O)c3csc(CCN)n3)CC2)c1. The number of aryl methyl sites for hydroxylation is 1. The molecule has 1 fully saturated rings. The van der Waals surface area contributed by atoms with Crippen LogP contribution in [0.5, 0.6) is 0 Å². The summed E-state index contributed by atoms with van der Waals surface area (Å²) >= 11 is 1.47. The topological polar surface area (TPSA) is 79.5 Å². The molecular formula is C19H24N4O2S. The van der Waals surface area contributed by atoms with Gasteiger partial charge in [-0.2, -0.15) is 0 Å². The summed E-state index contributed by atoms with van der Waals surface area (Å²) in [6.07, 6.45) is 1.46. The summed E-state index contributed by atoms with van der Waals surface area (Å²) in [5.41, 5.74) is 7.80. The van der Waals surface area contributed by atoms with Crippen LogP contribution in [0, 0.1) is 6.92 Å². The molecule has 1 aliphatic rings. The van der Waals surface area contributed by atoms with Gasteiger partial charge in [0.25, 0.3) is 11.8 Å². The van der Waals surface area contributed by atoms with Gasteiger partial charge >= 0.3 is 0 Å². The lowest BCUT2D eigenvalue weighted by molar-refractivity contribution is 0.0716. The van der Waals surface area contributed by atoms with Crippen LogP contribution in [-0.2, 0) is 6.42 Å². The van der Waals surface area contributed by atoms with Crippen LogP contribution in [0.25, 0.3) is 0 Å². The second-order valence-corrected chi connectivity index (χ2v) is 7.42. The molecule has 7 heteroatoms. The van der Waals surface area contributed by atoms with Gasteiger partial charge in [-0.1, -0.05) is 17.7 Å². The number of aromatic nitrogens is 1. The predicted octanol–water partition coefficient (Wildman–Crippen LogP) is 1.94. The minimum atomic E-state index is -0.0608. The van der Waals surface area contributed by atoms with Crippen molar-refractivity contribution >= 4 is 23.2 Å². The normalized spacial score (nSPS) is 15.0. The van der Waals surface area contributed by atoms with E-state index in [4.69, 9.17) is 5.73 Å². The van der Waals surface area contributed by atoms with Crippen molar-refractivity contribution in [2.24, 2.45) is 5.73 Å². The van der Waals surface area contributed by atoms with Crippen molar-refractivity contribution in [3.05, 3.63) is 51.5 Å². The highest BCUT2D eigenvalue weighted by Crippen LogP contribution is 2.15. The molecule has 6 nitrogen and oxygen atoms in total. The van der Waals surface area contributed by atoms with Crippen molar-refractivity contribution in [1.82, 2.24) is 14.8 Å². The lowest BCUT2D eigenvalue weighted by atomic mass is 10.1. The molecule has 2 aromatic rings. The smallest absolute Gasteiger partial charge is 0.273 e. The van der Waals surface area contributed by atoms with E-state index in [2.05, 4.69) is 4.98 Å². The van der Waals surface area contributed by atoms with E-state index in [9.17, 15) is 9.59 Å². The molecule has 0 spiro atoms. The lowest BCUT2D eigenvalue weighted by Crippen LogP contribution is -2.37. The van der Waals surface area contributed by atoms with Gasteiger partial charge < -0.3 is 15.5 Å². The molecule has 138 valence electrons. The largest absolute Gasteiger partial charge is 0.337 e. The third-order valence-corrected chi connectivity index (χ3v) is 5.37. The first-order valence-electron chi connectivity index (χ1n) is 8.88. The number of amides is 2. The van der Waals surface area contributed by atoms with Crippen LogP contribution >= 0.6 is 11.3 Å². The average molecular weight is 372 g/mol. The average Bonchev–Trinajstić information content (AvgIpc) is 2.96. The van der Waals surface area contributed by atoms with E-state index in [0.717, 1.165) is 17.0 Å². The molecule has 1 aromatic carbocycles. The molecule has 0 radical (unpaired) electrons. The van der Waals surface area contributed by atoms with Crippen LogP contribution in [0.1, 0.15) is 37.8 Å². The van der Waals surface area contributed by atoms with Crippen LogP contribution in [0.15, 0.2) is 29.6 Å². The van der Waals surface area contributed by atoms with Crippen LogP contribution in [0.4, 0.5) is 0 Å². The number of carbonyl (C=O) groups is 2. The summed E-state index contributed by atoms with van der Waals surface area (Å²) in [6.45, 7) is 4.87. The number of nitrogens with zero attached hydrogens (tertiary/aromatic N) is 3. The molecule has 26 heavy (non-hydrogen) atoms. The van der Waals surface area contributed by atoms with Gasteiger partial charge in [0.15, 0.2) is 0 Å². The Hall–Kier alpha value is -2.25. The van der Waals surface area contributed by atoms with E-state index in [1.165, 1.54) is 11.3 Å². The quantitative estimate of drug-likeness (QED) is 0.889. The fraction of sp³-hybridized carbons (Fsp3) is 0.421. The maximum atomic E-state index is 12.7. The molecule has 1 aromatic heterocycles. The summed E-state index contributed by atoms with van der Waals surface area (Å²) in [4.78, 5) is 33.4. The molecule has 0 atom stereocenters. The first kappa shape index (κ1) is 18.5. The van der Waals surface area contributed by atoms with Gasteiger partial charge in [-0.3, -0.25) is 9.59 Å². The van der Waals surface area contributed by atoms with Crippen LogP contribution in [0.3, 0.4) is 0 Å². The number of carbonyl (C=O) groups excluding carboxylic acids is 2. The Kier molecular flexibility index (Phi) is 6.00. The summed E-state index contributed by atoms with van der Waals surface area (Å²) in [5, 5.41) is 2.69. The zero-order valence-electron chi connectivity index (χ0n) is 15.0. The molecular weight excluding hydrogens is 348 g/mol. The highest BCUT2D eigenvalue weighted by Gasteiger charge is 2.24. The summed E-state index contributed by atoms with van der Waals surface area (Å²) in [5.74, 6) is -0.0312.